The molecule has 3 nitrogen and oxygen atoms in total. The predicted octanol–water partition coefficient (Wildman–Crippen LogP) is 2.73. The molecule has 4 rings (SSSR count). The van der Waals surface area contributed by atoms with Crippen molar-refractivity contribution in [2.75, 3.05) is 0 Å². The molecule has 0 saturated heterocycles. The fraction of sp³-hybridized carbons (Fsp3) is 0.938. The van der Waals surface area contributed by atoms with Crippen LogP contribution in [-0.2, 0) is 9.53 Å². The number of ether oxygens (including phenoxy) is 1. The molecule has 0 aliphatic heterocycles. The largest absolute Gasteiger partial charge is 0.462 e. The summed E-state index contributed by atoms with van der Waals surface area (Å²) in [5.74, 6) is 3.29. The molecular weight excluding hydrogens is 238 g/mol. The van der Waals surface area contributed by atoms with Gasteiger partial charge in [-0.15, -0.1) is 0 Å². The molecule has 1 unspecified atom stereocenters. The number of rotatable bonds is 3. The van der Waals surface area contributed by atoms with Gasteiger partial charge in [0.05, 0.1) is 6.10 Å². The number of esters is 1. The first-order valence-corrected chi connectivity index (χ1v) is 7.88. The van der Waals surface area contributed by atoms with E-state index in [4.69, 9.17) is 10.5 Å². The van der Waals surface area contributed by atoms with Gasteiger partial charge in [0.25, 0.3) is 0 Å². The molecule has 2 N–H and O–H groups in total. The minimum Gasteiger partial charge on any atom is -0.462 e. The second-order valence-electron chi connectivity index (χ2n) is 7.69. The minimum absolute atomic E-state index is 0.0767. The molecule has 4 aliphatic rings. The fourth-order valence-electron chi connectivity index (χ4n) is 5.38. The van der Waals surface area contributed by atoms with Crippen molar-refractivity contribution < 1.29 is 9.53 Å². The molecule has 0 heterocycles. The molecule has 19 heavy (non-hydrogen) atoms. The van der Waals surface area contributed by atoms with Crippen molar-refractivity contribution in [2.45, 2.75) is 64.5 Å². The van der Waals surface area contributed by atoms with Crippen LogP contribution in [0.3, 0.4) is 0 Å². The van der Waals surface area contributed by atoms with Gasteiger partial charge in [0.2, 0.25) is 0 Å². The molecule has 3 heteroatoms. The number of hydrogen-bond donors (Lipinski definition) is 1. The van der Waals surface area contributed by atoms with E-state index in [2.05, 4.69) is 0 Å². The van der Waals surface area contributed by atoms with Gasteiger partial charge >= 0.3 is 5.97 Å². The lowest BCUT2D eigenvalue weighted by Crippen LogP contribution is -2.62. The van der Waals surface area contributed by atoms with Crippen LogP contribution < -0.4 is 5.73 Å². The predicted molar refractivity (Wildman–Crippen MR) is 74.4 cm³/mol. The van der Waals surface area contributed by atoms with E-state index in [9.17, 15) is 4.79 Å². The van der Waals surface area contributed by atoms with E-state index >= 15 is 0 Å². The van der Waals surface area contributed by atoms with Crippen LogP contribution in [0, 0.1) is 29.6 Å². The third kappa shape index (κ3) is 2.20. The SMILES string of the molecule is CC(C)OC(=O)C(C)(N)C1C2CC3CC(C2)CC1C3. The van der Waals surface area contributed by atoms with Gasteiger partial charge in [-0.2, -0.15) is 0 Å². The summed E-state index contributed by atoms with van der Waals surface area (Å²) in [6, 6.07) is 0. The van der Waals surface area contributed by atoms with Gasteiger partial charge in [-0.05, 0) is 82.5 Å². The third-order valence-electron chi connectivity index (χ3n) is 5.70. The molecular formula is C16H27NO2. The quantitative estimate of drug-likeness (QED) is 0.798. The average Bonchev–Trinajstić information content (AvgIpc) is 2.25. The van der Waals surface area contributed by atoms with Crippen molar-refractivity contribution in [1.29, 1.82) is 0 Å². The number of nitrogens with two attached hydrogens (primary N) is 1. The highest BCUT2D eigenvalue weighted by molar-refractivity contribution is 5.80. The first-order chi connectivity index (χ1) is 8.88. The summed E-state index contributed by atoms with van der Waals surface area (Å²) in [5, 5.41) is 0. The lowest BCUT2D eigenvalue weighted by Gasteiger charge is -2.57. The second-order valence-corrected chi connectivity index (χ2v) is 7.69. The highest BCUT2D eigenvalue weighted by Crippen LogP contribution is 2.58. The Morgan fingerprint density at radius 1 is 1.11 bits per heavy atom. The zero-order valence-corrected chi connectivity index (χ0v) is 12.4. The first-order valence-electron chi connectivity index (χ1n) is 7.88. The Morgan fingerprint density at radius 3 is 2.00 bits per heavy atom. The fourth-order valence-corrected chi connectivity index (χ4v) is 5.38. The molecule has 1 atom stereocenters. The summed E-state index contributed by atoms with van der Waals surface area (Å²) in [6.07, 6.45) is 6.52. The summed E-state index contributed by atoms with van der Waals surface area (Å²) in [5.41, 5.74) is 5.66. The molecule has 4 fully saturated rings. The maximum atomic E-state index is 12.4. The lowest BCUT2D eigenvalue weighted by molar-refractivity contribution is -0.163. The van der Waals surface area contributed by atoms with Crippen molar-refractivity contribution in [3.8, 4) is 0 Å². The van der Waals surface area contributed by atoms with Crippen molar-refractivity contribution in [2.24, 2.45) is 35.3 Å². The zero-order valence-electron chi connectivity index (χ0n) is 12.4. The minimum atomic E-state index is -0.799. The third-order valence-corrected chi connectivity index (χ3v) is 5.70. The van der Waals surface area contributed by atoms with Crippen molar-refractivity contribution >= 4 is 5.97 Å². The Labute approximate surface area is 116 Å². The Hall–Kier alpha value is -0.570. The van der Waals surface area contributed by atoms with Gasteiger partial charge in [0.1, 0.15) is 5.54 Å². The molecule has 4 bridgehead atoms. The summed E-state index contributed by atoms with van der Waals surface area (Å²) in [6.45, 7) is 5.69. The molecule has 0 aromatic carbocycles. The van der Waals surface area contributed by atoms with Crippen LogP contribution in [0.15, 0.2) is 0 Å². The summed E-state index contributed by atoms with van der Waals surface area (Å²) in [4.78, 5) is 12.4. The second kappa shape index (κ2) is 4.47. The maximum Gasteiger partial charge on any atom is 0.326 e. The molecule has 4 aliphatic carbocycles. The highest BCUT2D eigenvalue weighted by Gasteiger charge is 2.55. The Kier molecular flexibility index (Phi) is 3.16. The van der Waals surface area contributed by atoms with Crippen LogP contribution in [0.2, 0.25) is 0 Å². The van der Waals surface area contributed by atoms with E-state index in [1.165, 1.54) is 32.1 Å². The van der Waals surface area contributed by atoms with Gasteiger partial charge in [-0.3, -0.25) is 4.79 Å². The van der Waals surface area contributed by atoms with Crippen LogP contribution in [0.1, 0.15) is 52.9 Å². The average molecular weight is 265 g/mol. The molecule has 0 aromatic rings. The van der Waals surface area contributed by atoms with E-state index < -0.39 is 5.54 Å². The van der Waals surface area contributed by atoms with E-state index in [-0.39, 0.29) is 12.1 Å². The van der Waals surface area contributed by atoms with E-state index in [0.717, 1.165) is 11.8 Å². The molecule has 0 radical (unpaired) electrons. The van der Waals surface area contributed by atoms with E-state index in [1.807, 2.05) is 20.8 Å². The van der Waals surface area contributed by atoms with Crippen LogP contribution in [0.4, 0.5) is 0 Å². The van der Waals surface area contributed by atoms with Crippen molar-refractivity contribution in [1.82, 2.24) is 0 Å². The first kappa shape index (κ1) is 13.4. The topological polar surface area (TPSA) is 52.3 Å². The zero-order chi connectivity index (χ0) is 13.8. The summed E-state index contributed by atoms with van der Waals surface area (Å²) >= 11 is 0. The van der Waals surface area contributed by atoms with Gasteiger partial charge in [-0.1, -0.05) is 0 Å². The molecule has 0 aromatic heterocycles. The number of carbonyl (C=O) groups is 1. The van der Waals surface area contributed by atoms with E-state index in [1.54, 1.807) is 0 Å². The Morgan fingerprint density at radius 2 is 1.58 bits per heavy atom. The maximum absolute atomic E-state index is 12.4. The van der Waals surface area contributed by atoms with Crippen LogP contribution >= 0.6 is 0 Å². The van der Waals surface area contributed by atoms with E-state index in [0.29, 0.717) is 17.8 Å². The highest BCUT2D eigenvalue weighted by atomic mass is 16.5. The lowest BCUT2D eigenvalue weighted by atomic mass is 9.48. The number of carbonyl (C=O) groups excluding carboxylic acids is 1. The van der Waals surface area contributed by atoms with Gasteiger partial charge in [-0.25, -0.2) is 0 Å². The monoisotopic (exact) mass is 265 g/mol. The van der Waals surface area contributed by atoms with Gasteiger partial charge in [0.15, 0.2) is 0 Å². The summed E-state index contributed by atoms with van der Waals surface area (Å²) in [7, 11) is 0. The van der Waals surface area contributed by atoms with Crippen LogP contribution in [0.25, 0.3) is 0 Å². The van der Waals surface area contributed by atoms with Crippen LogP contribution in [-0.4, -0.2) is 17.6 Å². The smallest absolute Gasteiger partial charge is 0.326 e. The molecule has 0 amide bonds. The van der Waals surface area contributed by atoms with Crippen LogP contribution in [0.5, 0.6) is 0 Å². The summed E-state index contributed by atoms with van der Waals surface area (Å²) < 4.78 is 5.41. The molecule has 4 saturated carbocycles. The Bertz CT molecular complexity index is 347. The normalized spacial score (nSPS) is 43.3. The van der Waals surface area contributed by atoms with Crippen molar-refractivity contribution in [3.63, 3.8) is 0 Å². The molecule has 0 spiro atoms. The van der Waals surface area contributed by atoms with Gasteiger partial charge < -0.3 is 10.5 Å². The van der Waals surface area contributed by atoms with Gasteiger partial charge in [0, 0.05) is 0 Å². The van der Waals surface area contributed by atoms with Crippen molar-refractivity contribution in [3.05, 3.63) is 0 Å². The standard InChI is InChI=1S/C16H27NO2/c1-9(2)19-15(18)16(3,17)14-12-5-10-4-11(7-12)8-13(14)6-10/h9-14H,4-8,17H2,1-3H3. The molecule has 108 valence electrons. The Balaban J connectivity index is 1.79. The number of hydrogen-bond acceptors (Lipinski definition) is 3.